The first-order valence-electron chi connectivity index (χ1n) is 5.19. The van der Waals surface area contributed by atoms with Crippen molar-refractivity contribution < 1.29 is 18.0 Å². The number of halogens is 3. The number of amides is 1. The van der Waals surface area contributed by atoms with Gasteiger partial charge in [-0.15, -0.1) is 0 Å². The van der Waals surface area contributed by atoms with Gasteiger partial charge in [-0.1, -0.05) is 30.3 Å². The molecule has 0 bridgehead atoms. The Kier molecular flexibility index (Phi) is 5.49. The maximum absolute atomic E-state index is 11.8. The minimum Gasteiger partial charge on any atom is -0.354 e. The van der Waals surface area contributed by atoms with Gasteiger partial charge in [0.2, 0.25) is 5.91 Å². The maximum atomic E-state index is 11.8. The summed E-state index contributed by atoms with van der Waals surface area (Å²) in [4.78, 5) is 11.5. The van der Waals surface area contributed by atoms with Gasteiger partial charge in [-0.2, -0.15) is 13.2 Å². The van der Waals surface area contributed by atoms with Gasteiger partial charge in [-0.25, -0.2) is 0 Å². The number of nitrogens with two attached hydrogens (primary N) is 1. The van der Waals surface area contributed by atoms with Crippen LogP contribution < -0.4 is 11.1 Å². The quantitative estimate of drug-likeness (QED) is 0.811. The fraction of sp³-hybridized carbons (Fsp3) is 0.364. The van der Waals surface area contributed by atoms with Gasteiger partial charge in [0, 0.05) is 12.3 Å². The predicted molar refractivity (Wildman–Crippen MR) is 64.9 cm³/mol. The summed E-state index contributed by atoms with van der Waals surface area (Å²) >= 11 is -0.172. The van der Waals surface area contributed by atoms with E-state index in [1.807, 2.05) is 0 Å². The van der Waals surface area contributed by atoms with Crippen molar-refractivity contribution in [2.24, 2.45) is 5.73 Å². The molecule has 100 valence electrons. The van der Waals surface area contributed by atoms with Gasteiger partial charge >= 0.3 is 5.51 Å². The lowest BCUT2D eigenvalue weighted by molar-refractivity contribution is -0.122. The van der Waals surface area contributed by atoms with Crippen LogP contribution in [0.3, 0.4) is 0 Å². The molecular formula is C11H13F3N2OS. The number of nitrogens with one attached hydrogen (secondary N) is 1. The Hall–Kier alpha value is -1.21. The number of hydrogen-bond donors (Lipinski definition) is 2. The monoisotopic (exact) mass is 278 g/mol. The normalized spacial score (nSPS) is 13.1. The average Bonchev–Trinajstić information content (AvgIpc) is 2.33. The van der Waals surface area contributed by atoms with Crippen molar-refractivity contribution >= 4 is 17.7 Å². The molecule has 3 nitrogen and oxygen atoms in total. The molecule has 0 saturated carbocycles. The zero-order valence-corrected chi connectivity index (χ0v) is 10.2. The van der Waals surface area contributed by atoms with E-state index in [1.54, 1.807) is 30.3 Å². The molecule has 0 aliphatic carbocycles. The Morgan fingerprint density at radius 3 is 2.50 bits per heavy atom. The molecule has 1 amide bonds. The van der Waals surface area contributed by atoms with E-state index in [9.17, 15) is 18.0 Å². The van der Waals surface area contributed by atoms with E-state index < -0.39 is 17.5 Å². The minimum absolute atomic E-state index is 0.0659. The molecule has 1 aromatic rings. The van der Waals surface area contributed by atoms with Crippen molar-refractivity contribution in [2.45, 2.75) is 11.6 Å². The molecule has 3 N–H and O–H groups in total. The van der Waals surface area contributed by atoms with E-state index in [2.05, 4.69) is 5.32 Å². The average molecular weight is 278 g/mol. The van der Waals surface area contributed by atoms with E-state index in [0.717, 1.165) is 0 Å². The molecule has 0 aliphatic heterocycles. The Labute approximate surface area is 107 Å². The van der Waals surface area contributed by atoms with Crippen LogP contribution in [0.5, 0.6) is 0 Å². The molecule has 1 unspecified atom stereocenters. The summed E-state index contributed by atoms with van der Waals surface area (Å²) in [6, 6.07) is 7.78. The summed E-state index contributed by atoms with van der Waals surface area (Å²) in [5.41, 5.74) is 2.02. The molecule has 0 aliphatic rings. The fourth-order valence-corrected chi connectivity index (χ4v) is 1.70. The molecule has 0 fully saturated rings. The highest BCUT2D eigenvalue weighted by Crippen LogP contribution is 2.29. The van der Waals surface area contributed by atoms with Gasteiger partial charge in [0.1, 0.15) is 6.04 Å². The second kappa shape index (κ2) is 6.65. The highest BCUT2D eigenvalue weighted by atomic mass is 32.2. The van der Waals surface area contributed by atoms with Gasteiger partial charge in [0.05, 0.1) is 0 Å². The molecule has 1 rings (SSSR count). The van der Waals surface area contributed by atoms with Crippen LogP contribution in [0.1, 0.15) is 11.6 Å². The second-order valence-corrected chi connectivity index (χ2v) is 4.63. The standard InChI is InChI=1S/C11H13F3N2OS/c12-11(13,14)18-7-6-16-10(17)9(15)8-4-2-1-3-5-8/h1-5,9H,6-7,15H2,(H,16,17). The van der Waals surface area contributed by atoms with Crippen molar-refractivity contribution in [1.29, 1.82) is 0 Å². The van der Waals surface area contributed by atoms with Crippen molar-refractivity contribution in [3.63, 3.8) is 0 Å². The lowest BCUT2D eigenvalue weighted by Gasteiger charge is -2.12. The highest BCUT2D eigenvalue weighted by Gasteiger charge is 2.27. The topological polar surface area (TPSA) is 55.1 Å². The molecular weight excluding hydrogens is 265 g/mol. The molecule has 0 aromatic heterocycles. The van der Waals surface area contributed by atoms with Gasteiger partial charge in [0.25, 0.3) is 0 Å². The van der Waals surface area contributed by atoms with E-state index in [4.69, 9.17) is 5.73 Å². The number of benzene rings is 1. The smallest absolute Gasteiger partial charge is 0.354 e. The van der Waals surface area contributed by atoms with E-state index in [1.165, 1.54) is 0 Å². The van der Waals surface area contributed by atoms with Crippen LogP contribution in [0.25, 0.3) is 0 Å². The van der Waals surface area contributed by atoms with Crippen molar-refractivity contribution in [2.75, 3.05) is 12.3 Å². The summed E-state index contributed by atoms with van der Waals surface area (Å²) in [5.74, 6) is -0.708. The van der Waals surface area contributed by atoms with Gasteiger partial charge in [-0.05, 0) is 17.3 Å². The van der Waals surface area contributed by atoms with Crippen LogP contribution in [-0.4, -0.2) is 23.7 Å². The molecule has 1 atom stereocenters. The summed E-state index contributed by atoms with van der Waals surface area (Å²) in [5, 5.41) is 2.37. The van der Waals surface area contributed by atoms with Crippen LogP contribution in [0.4, 0.5) is 13.2 Å². The second-order valence-electron chi connectivity index (χ2n) is 3.47. The van der Waals surface area contributed by atoms with Crippen molar-refractivity contribution in [1.82, 2.24) is 5.32 Å². The number of thioether (sulfide) groups is 1. The van der Waals surface area contributed by atoms with Gasteiger partial charge in [-0.3, -0.25) is 4.79 Å². The predicted octanol–water partition coefficient (Wildman–Crippen LogP) is 2.06. The van der Waals surface area contributed by atoms with Crippen molar-refractivity contribution in [3.8, 4) is 0 Å². The lowest BCUT2D eigenvalue weighted by atomic mass is 10.1. The summed E-state index contributed by atoms with van der Waals surface area (Å²) < 4.78 is 35.5. The Balaban J connectivity index is 2.33. The van der Waals surface area contributed by atoms with Crippen LogP contribution >= 0.6 is 11.8 Å². The van der Waals surface area contributed by atoms with Crippen LogP contribution in [0.2, 0.25) is 0 Å². The van der Waals surface area contributed by atoms with E-state index in [-0.39, 0.29) is 24.1 Å². The Morgan fingerprint density at radius 2 is 1.94 bits per heavy atom. The molecule has 0 radical (unpaired) electrons. The van der Waals surface area contributed by atoms with E-state index in [0.29, 0.717) is 5.56 Å². The van der Waals surface area contributed by atoms with Crippen molar-refractivity contribution in [3.05, 3.63) is 35.9 Å². The first-order valence-corrected chi connectivity index (χ1v) is 6.17. The summed E-state index contributed by atoms with van der Waals surface area (Å²) in [7, 11) is 0. The molecule has 0 spiro atoms. The molecule has 18 heavy (non-hydrogen) atoms. The molecule has 1 aromatic carbocycles. The third-order valence-corrected chi connectivity index (χ3v) is 2.84. The summed E-state index contributed by atoms with van der Waals surface area (Å²) in [6.07, 6.45) is 0. The van der Waals surface area contributed by atoms with Gasteiger partial charge in [0.15, 0.2) is 0 Å². The molecule has 7 heteroatoms. The lowest BCUT2D eigenvalue weighted by Crippen LogP contribution is -2.35. The minimum atomic E-state index is -4.27. The third-order valence-electron chi connectivity index (χ3n) is 2.11. The molecule has 0 saturated heterocycles. The number of rotatable bonds is 5. The largest absolute Gasteiger partial charge is 0.441 e. The molecule has 0 heterocycles. The first-order chi connectivity index (χ1) is 8.40. The summed E-state index contributed by atoms with van der Waals surface area (Å²) in [6.45, 7) is -0.0659. The fourth-order valence-electron chi connectivity index (χ4n) is 1.26. The SMILES string of the molecule is NC(C(=O)NCCSC(F)(F)F)c1ccccc1. The Morgan fingerprint density at radius 1 is 1.33 bits per heavy atom. The first kappa shape index (κ1) is 14.8. The third kappa shape index (κ3) is 5.42. The van der Waals surface area contributed by atoms with Crippen LogP contribution in [-0.2, 0) is 4.79 Å². The number of hydrogen-bond acceptors (Lipinski definition) is 3. The maximum Gasteiger partial charge on any atom is 0.441 e. The number of carbonyl (C=O) groups is 1. The van der Waals surface area contributed by atoms with E-state index >= 15 is 0 Å². The Bertz CT molecular complexity index is 384. The highest BCUT2D eigenvalue weighted by molar-refractivity contribution is 8.00. The van der Waals surface area contributed by atoms with Gasteiger partial charge < -0.3 is 11.1 Å². The number of carbonyl (C=O) groups excluding carboxylic acids is 1. The van der Waals surface area contributed by atoms with Crippen LogP contribution in [0, 0.1) is 0 Å². The zero-order valence-electron chi connectivity index (χ0n) is 9.41. The number of alkyl halides is 3. The van der Waals surface area contributed by atoms with Crippen LogP contribution in [0.15, 0.2) is 30.3 Å². The zero-order chi connectivity index (χ0) is 13.6.